The number of benzene rings is 10. The summed E-state index contributed by atoms with van der Waals surface area (Å²) >= 11 is 0. The van der Waals surface area contributed by atoms with Crippen LogP contribution < -0.4 is 21.9 Å². The van der Waals surface area contributed by atoms with E-state index in [2.05, 4.69) is 200 Å². The molecular formula is C58H30B2N4. The molecule has 0 spiro atoms. The van der Waals surface area contributed by atoms with E-state index in [-0.39, 0.29) is 13.7 Å². The minimum absolute atomic E-state index is 0.0374. The van der Waals surface area contributed by atoms with Crippen molar-refractivity contribution in [3.63, 3.8) is 0 Å². The molecule has 0 amide bonds. The maximum atomic E-state index is 2.80. The molecule has 0 radical (unpaired) electrons. The summed E-state index contributed by atoms with van der Waals surface area (Å²) in [7, 11) is 0. The number of para-hydroxylation sites is 6. The fourth-order valence-corrected chi connectivity index (χ4v) is 14.1. The predicted molar refractivity (Wildman–Crippen MR) is 270 cm³/mol. The van der Waals surface area contributed by atoms with E-state index in [0.717, 1.165) is 0 Å². The Balaban J connectivity index is 1.10. The van der Waals surface area contributed by atoms with Crippen molar-refractivity contribution >= 4 is 134 Å². The summed E-state index contributed by atoms with van der Waals surface area (Å²) in [6.07, 6.45) is 0. The number of aromatic nitrogens is 4. The second-order valence-corrected chi connectivity index (χ2v) is 18.6. The molecular weight excluding hydrogens is 774 g/mol. The maximum Gasteiger partial charge on any atom is 0.333 e. The Morgan fingerprint density at radius 1 is 0.281 bits per heavy atom. The van der Waals surface area contributed by atoms with Gasteiger partial charge in [-0.3, -0.25) is 0 Å². The van der Waals surface area contributed by atoms with Gasteiger partial charge in [0.15, 0.2) is 0 Å². The lowest BCUT2D eigenvalue weighted by atomic mass is 9.45. The Labute approximate surface area is 365 Å². The molecule has 4 aromatic heterocycles. The molecule has 64 heavy (non-hydrogen) atoms. The van der Waals surface area contributed by atoms with Crippen LogP contribution in [0.5, 0.6) is 0 Å². The highest BCUT2D eigenvalue weighted by Gasteiger charge is 2.47. The number of hydrogen-bond donors (Lipinski definition) is 0. The molecule has 288 valence electrons. The molecule has 0 saturated carbocycles. The van der Waals surface area contributed by atoms with Crippen molar-refractivity contribution in [2.45, 2.75) is 0 Å². The summed E-state index contributed by atoms with van der Waals surface area (Å²) in [6.45, 7) is -0.0749. The first kappa shape index (κ1) is 31.6. The molecule has 4 aliphatic rings. The van der Waals surface area contributed by atoms with Gasteiger partial charge in [0.2, 0.25) is 0 Å². The van der Waals surface area contributed by atoms with E-state index in [9.17, 15) is 0 Å². The summed E-state index contributed by atoms with van der Waals surface area (Å²) in [4.78, 5) is 0. The summed E-state index contributed by atoms with van der Waals surface area (Å²) in [5.74, 6) is 0. The van der Waals surface area contributed by atoms with Gasteiger partial charge >= 0.3 is 13.7 Å². The molecule has 6 heteroatoms. The van der Waals surface area contributed by atoms with Crippen LogP contribution in [0.25, 0.3) is 132 Å². The molecule has 0 N–H and O–H groups in total. The third kappa shape index (κ3) is 3.16. The zero-order chi connectivity index (χ0) is 40.8. The van der Waals surface area contributed by atoms with E-state index < -0.39 is 0 Å². The van der Waals surface area contributed by atoms with Gasteiger partial charge in [-0.25, -0.2) is 0 Å². The Kier molecular flexibility index (Phi) is 5.11. The lowest BCUT2D eigenvalue weighted by Gasteiger charge is -2.35. The molecule has 4 aliphatic heterocycles. The fraction of sp³-hybridized carbons (Fsp3) is 0. The SMILES string of the molecule is c1ccc2c(c1)B1c3c(c4ccccc4c4c5ccccc5n-2c34)-c2cccc3c2n1c1c2cccc4c2n(c31)B1c2ccccc2-n2c3ccccc3c3c5ccccc5c-4c1c32. The van der Waals surface area contributed by atoms with E-state index in [1.165, 1.54) is 153 Å². The molecule has 0 fully saturated rings. The van der Waals surface area contributed by atoms with Gasteiger partial charge in [0, 0.05) is 65.9 Å². The Hall–Kier alpha value is -8.21. The normalized spacial score (nSPS) is 13.9. The number of hydrogen-bond acceptors (Lipinski definition) is 0. The smallest absolute Gasteiger partial charge is 0.333 e. The first-order chi connectivity index (χ1) is 31.9. The Morgan fingerprint density at radius 3 is 1.12 bits per heavy atom. The standard InChI is InChI=1S/C58H30B2N4/c1-3-17-33-31(15-1)47-37-21-13-23-39-53(37)63(59-41-25-7-11-29-45(41)61-43-27-9-5-19-35(43)49(33)57(61)51(47)59)56-40-24-14-22-38-48-32-16-2-4-18-34(32)50-36-20-6-10-28-44(36)62-46-30-12-8-26-42(46)60(52(48)58(50)62)64(54(38)40)55(39)56/h1-30H. The number of fused-ring (bicyclic) bond motifs is 27. The lowest BCUT2D eigenvalue weighted by molar-refractivity contribution is 1.18. The van der Waals surface area contributed by atoms with Crippen molar-refractivity contribution < 1.29 is 0 Å². The van der Waals surface area contributed by atoms with Crippen molar-refractivity contribution in [3.05, 3.63) is 182 Å². The summed E-state index contributed by atoms with van der Waals surface area (Å²) in [5.41, 5.74) is 24.0. The van der Waals surface area contributed by atoms with Crippen LogP contribution in [-0.2, 0) is 0 Å². The van der Waals surface area contributed by atoms with Gasteiger partial charge in [0.05, 0.1) is 33.1 Å². The van der Waals surface area contributed by atoms with Gasteiger partial charge in [-0.1, -0.05) is 158 Å². The molecule has 0 bridgehead atoms. The minimum atomic E-state index is -0.0374. The van der Waals surface area contributed by atoms with Gasteiger partial charge < -0.3 is 18.1 Å². The van der Waals surface area contributed by atoms with Crippen LogP contribution in [0.4, 0.5) is 0 Å². The van der Waals surface area contributed by atoms with Crippen molar-refractivity contribution in [2.24, 2.45) is 0 Å². The molecule has 0 aliphatic carbocycles. The Bertz CT molecular complexity index is 4340. The van der Waals surface area contributed by atoms with Crippen LogP contribution in [0, 0.1) is 0 Å². The largest absolute Gasteiger partial charge is 0.374 e. The van der Waals surface area contributed by atoms with Crippen molar-refractivity contribution in [2.75, 3.05) is 0 Å². The van der Waals surface area contributed by atoms with Gasteiger partial charge in [-0.05, 0) is 78.8 Å². The quantitative estimate of drug-likeness (QED) is 0.136. The lowest BCUT2D eigenvalue weighted by Crippen LogP contribution is -2.55. The van der Waals surface area contributed by atoms with E-state index in [1.807, 2.05) is 0 Å². The summed E-state index contributed by atoms with van der Waals surface area (Å²) in [6, 6.07) is 69.4. The highest BCUT2D eigenvalue weighted by molar-refractivity contribution is 6.92. The van der Waals surface area contributed by atoms with Crippen LogP contribution in [0.3, 0.4) is 0 Å². The third-order valence-electron chi connectivity index (χ3n) is 16.0. The molecule has 4 nitrogen and oxygen atoms in total. The van der Waals surface area contributed by atoms with Crippen LogP contribution in [0.15, 0.2) is 182 Å². The minimum Gasteiger partial charge on any atom is -0.374 e. The second-order valence-electron chi connectivity index (χ2n) is 18.6. The zero-order valence-electron chi connectivity index (χ0n) is 34.3. The fourth-order valence-electron chi connectivity index (χ4n) is 14.1. The van der Waals surface area contributed by atoms with Crippen LogP contribution in [0.2, 0.25) is 0 Å². The van der Waals surface area contributed by atoms with E-state index in [4.69, 9.17) is 0 Å². The van der Waals surface area contributed by atoms with Gasteiger partial charge in [-0.2, -0.15) is 0 Å². The van der Waals surface area contributed by atoms with E-state index in [1.54, 1.807) is 0 Å². The molecule has 0 saturated heterocycles. The van der Waals surface area contributed by atoms with Gasteiger partial charge in [0.1, 0.15) is 0 Å². The van der Waals surface area contributed by atoms with Crippen LogP contribution >= 0.6 is 0 Å². The molecule has 0 atom stereocenters. The molecule has 14 aromatic rings. The molecule has 8 heterocycles. The average molecular weight is 805 g/mol. The van der Waals surface area contributed by atoms with Crippen molar-refractivity contribution in [3.8, 4) is 33.6 Å². The first-order valence-corrected chi connectivity index (χ1v) is 22.6. The maximum absolute atomic E-state index is 2.80. The van der Waals surface area contributed by atoms with Crippen molar-refractivity contribution in [1.29, 1.82) is 0 Å². The van der Waals surface area contributed by atoms with Gasteiger partial charge in [-0.15, -0.1) is 0 Å². The highest BCUT2D eigenvalue weighted by atomic mass is 15.1. The third-order valence-corrected chi connectivity index (χ3v) is 16.0. The Morgan fingerprint density at radius 2 is 0.656 bits per heavy atom. The zero-order valence-corrected chi connectivity index (χ0v) is 34.3. The number of nitrogens with zero attached hydrogens (tertiary/aromatic N) is 4. The molecule has 18 rings (SSSR count). The predicted octanol–water partition coefficient (Wildman–Crippen LogP) is 11.1. The average Bonchev–Trinajstić information content (AvgIpc) is 4.10. The van der Waals surface area contributed by atoms with Gasteiger partial charge in [0.25, 0.3) is 0 Å². The topological polar surface area (TPSA) is 19.7 Å². The first-order valence-electron chi connectivity index (χ1n) is 22.6. The number of rotatable bonds is 0. The van der Waals surface area contributed by atoms with Crippen LogP contribution in [0.1, 0.15) is 0 Å². The van der Waals surface area contributed by atoms with Crippen molar-refractivity contribution in [1.82, 2.24) is 18.1 Å². The van der Waals surface area contributed by atoms with E-state index >= 15 is 0 Å². The molecule has 0 unspecified atom stereocenters. The molecule has 10 aromatic carbocycles. The highest BCUT2D eigenvalue weighted by Crippen LogP contribution is 2.52. The summed E-state index contributed by atoms with van der Waals surface area (Å²) in [5, 5.41) is 13.3. The second kappa shape index (κ2) is 10.3. The van der Waals surface area contributed by atoms with Crippen LogP contribution in [-0.4, -0.2) is 31.8 Å². The monoisotopic (exact) mass is 804 g/mol. The van der Waals surface area contributed by atoms with E-state index in [0.29, 0.717) is 0 Å². The summed E-state index contributed by atoms with van der Waals surface area (Å²) < 4.78 is 10.8.